The molecular weight excluding hydrogens is 328 g/mol. The Balaban J connectivity index is 1.58. The third kappa shape index (κ3) is 2.63. The lowest BCUT2D eigenvalue weighted by molar-refractivity contribution is -0.125. The maximum atomic E-state index is 12.5. The standard InChI is InChI=1S/C18H13ClN2O3/c19-12-7-8-13(17-11(12)4-3-9-20-17)21-18(22)16-10-23-14-5-1-2-6-15(14)24-16/h1-9,16H,10H2,(H,21,22). The van der Waals surface area contributed by atoms with E-state index < -0.39 is 6.10 Å². The lowest BCUT2D eigenvalue weighted by Crippen LogP contribution is -2.40. The molecule has 120 valence electrons. The van der Waals surface area contributed by atoms with Gasteiger partial charge in [0.05, 0.1) is 16.2 Å². The molecule has 1 amide bonds. The van der Waals surface area contributed by atoms with Crippen LogP contribution in [-0.4, -0.2) is 23.6 Å². The van der Waals surface area contributed by atoms with Crippen molar-refractivity contribution < 1.29 is 14.3 Å². The van der Waals surface area contributed by atoms with E-state index in [1.54, 1.807) is 36.5 Å². The number of carbonyl (C=O) groups is 1. The monoisotopic (exact) mass is 340 g/mol. The highest BCUT2D eigenvalue weighted by atomic mass is 35.5. The Labute approximate surface area is 143 Å². The van der Waals surface area contributed by atoms with Crippen LogP contribution in [0.5, 0.6) is 11.5 Å². The van der Waals surface area contributed by atoms with Gasteiger partial charge in [-0.15, -0.1) is 0 Å². The highest BCUT2D eigenvalue weighted by molar-refractivity contribution is 6.35. The van der Waals surface area contributed by atoms with Crippen LogP contribution in [0.4, 0.5) is 5.69 Å². The molecule has 0 saturated heterocycles. The summed E-state index contributed by atoms with van der Waals surface area (Å²) in [6, 6.07) is 14.4. The van der Waals surface area contributed by atoms with Gasteiger partial charge in [0.1, 0.15) is 6.61 Å². The molecule has 3 aromatic rings. The minimum Gasteiger partial charge on any atom is -0.485 e. The van der Waals surface area contributed by atoms with Gasteiger partial charge in [-0.3, -0.25) is 9.78 Å². The Morgan fingerprint density at radius 2 is 1.96 bits per heavy atom. The number of nitrogens with zero attached hydrogens (tertiary/aromatic N) is 1. The first-order valence-corrected chi connectivity index (χ1v) is 7.83. The van der Waals surface area contributed by atoms with Crippen LogP contribution >= 0.6 is 11.6 Å². The van der Waals surface area contributed by atoms with E-state index in [1.807, 2.05) is 18.2 Å². The quantitative estimate of drug-likeness (QED) is 0.773. The van der Waals surface area contributed by atoms with Gasteiger partial charge < -0.3 is 14.8 Å². The molecule has 1 aromatic heterocycles. The van der Waals surface area contributed by atoms with E-state index in [1.165, 1.54) is 0 Å². The van der Waals surface area contributed by atoms with Crippen LogP contribution in [-0.2, 0) is 4.79 Å². The van der Waals surface area contributed by atoms with Gasteiger partial charge in [-0.05, 0) is 36.4 Å². The number of hydrogen-bond donors (Lipinski definition) is 1. The topological polar surface area (TPSA) is 60.5 Å². The van der Waals surface area contributed by atoms with Crippen molar-refractivity contribution in [3.8, 4) is 11.5 Å². The molecular formula is C18H13ClN2O3. The highest BCUT2D eigenvalue weighted by Gasteiger charge is 2.27. The Bertz CT molecular complexity index is 929. The number of halogens is 1. The van der Waals surface area contributed by atoms with E-state index in [-0.39, 0.29) is 12.5 Å². The predicted molar refractivity (Wildman–Crippen MR) is 91.7 cm³/mol. The van der Waals surface area contributed by atoms with Crippen molar-refractivity contribution in [1.29, 1.82) is 0 Å². The van der Waals surface area contributed by atoms with Gasteiger partial charge in [-0.2, -0.15) is 0 Å². The van der Waals surface area contributed by atoms with E-state index in [2.05, 4.69) is 10.3 Å². The molecule has 0 spiro atoms. The molecule has 0 aliphatic carbocycles. The Kier molecular flexibility index (Phi) is 3.70. The van der Waals surface area contributed by atoms with Crippen molar-refractivity contribution in [3.05, 3.63) is 59.8 Å². The lowest BCUT2D eigenvalue weighted by Gasteiger charge is -2.25. The normalized spacial score (nSPS) is 16.0. The van der Waals surface area contributed by atoms with Crippen LogP contribution in [0, 0.1) is 0 Å². The molecule has 2 aromatic carbocycles. The van der Waals surface area contributed by atoms with Crippen LogP contribution in [0.15, 0.2) is 54.7 Å². The molecule has 1 atom stereocenters. The molecule has 0 radical (unpaired) electrons. The van der Waals surface area contributed by atoms with E-state index in [9.17, 15) is 4.79 Å². The fraction of sp³-hybridized carbons (Fsp3) is 0.111. The Morgan fingerprint density at radius 3 is 2.83 bits per heavy atom. The molecule has 1 aliphatic rings. The van der Waals surface area contributed by atoms with Gasteiger partial charge in [0, 0.05) is 11.6 Å². The van der Waals surface area contributed by atoms with E-state index in [0.29, 0.717) is 27.7 Å². The largest absolute Gasteiger partial charge is 0.485 e. The second-order valence-electron chi connectivity index (χ2n) is 5.35. The number of nitrogens with one attached hydrogen (secondary N) is 1. The average molecular weight is 341 g/mol. The van der Waals surface area contributed by atoms with Crippen LogP contribution in [0.1, 0.15) is 0 Å². The number of para-hydroxylation sites is 2. The van der Waals surface area contributed by atoms with E-state index >= 15 is 0 Å². The summed E-state index contributed by atoms with van der Waals surface area (Å²) in [5.74, 6) is 0.905. The molecule has 5 nitrogen and oxygen atoms in total. The van der Waals surface area contributed by atoms with Crippen molar-refractivity contribution in [1.82, 2.24) is 4.98 Å². The first-order chi connectivity index (χ1) is 11.7. The summed E-state index contributed by atoms with van der Waals surface area (Å²) >= 11 is 6.17. The number of pyridine rings is 1. The third-order valence-electron chi connectivity index (χ3n) is 3.78. The highest BCUT2D eigenvalue weighted by Crippen LogP contribution is 2.32. The first kappa shape index (κ1) is 14.8. The van der Waals surface area contributed by atoms with Gasteiger partial charge in [-0.25, -0.2) is 0 Å². The summed E-state index contributed by atoms with van der Waals surface area (Å²) in [7, 11) is 0. The zero-order valence-electron chi connectivity index (χ0n) is 12.5. The van der Waals surface area contributed by atoms with Gasteiger partial charge in [0.25, 0.3) is 5.91 Å². The van der Waals surface area contributed by atoms with Crippen LogP contribution < -0.4 is 14.8 Å². The van der Waals surface area contributed by atoms with E-state index in [4.69, 9.17) is 21.1 Å². The average Bonchev–Trinajstić information content (AvgIpc) is 2.64. The van der Waals surface area contributed by atoms with Gasteiger partial charge in [-0.1, -0.05) is 23.7 Å². The smallest absolute Gasteiger partial charge is 0.269 e. The summed E-state index contributed by atoms with van der Waals surface area (Å²) in [5, 5.41) is 4.21. The fourth-order valence-corrected chi connectivity index (χ4v) is 2.82. The van der Waals surface area contributed by atoms with Crippen LogP contribution in [0.25, 0.3) is 10.9 Å². The SMILES string of the molecule is O=C(Nc1ccc(Cl)c2cccnc12)C1COc2ccccc2O1. The summed E-state index contributed by atoms with van der Waals surface area (Å²) in [4.78, 5) is 16.8. The number of benzene rings is 2. The van der Waals surface area contributed by atoms with Crippen molar-refractivity contribution in [2.75, 3.05) is 11.9 Å². The maximum absolute atomic E-state index is 12.5. The minimum atomic E-state index is -0.727. The number of rotatable bonds is 2. The van der Waals surface area contributed by atoms with Crippen molar-refractivity contribution in [2.45, 2.75) is 6.10 Å². The molecule has 0 saturated carbocycles. The first-order valence-electron chi connectivity index (χ1n) is 7.45. The van der Waals surface area contributed by atoms with Crippen LogP contribution in [0.3, 0.4) is 0 Å². The minimum absolute atomic E-state index is 0.155. The Hall–Kier alpha value is -2.79. The molecule has 0 bridgehead atoms. The zero-order valence-corrected chi connectivity index (χ0v) is 13.3. The Morgan fingerprint density at radius 1 is 1.12 bits per heavy atom. The predicted octanol–water partition coefficient (Wildman–Crippen LogP) is 3.67. The number of hydrogen-bond acceptors (Lipinski definition) is 4. The molecule has 24 heavy (non-hydrogen) atoms. The maximum Gasteiger partial charge on any atom is 0.269 e. The summed E-state index contributed by atoms with van der Waals surface area (Å²) in [5.41, 5.74) is 1.22. The van der Waals surface area contributed by atoms with Gasteiger partial charge >= 0.3 is 0 Å². The summed E-state index contributed by atoms with van der Waals surface area (Å²) in [6.07, 6.45) is 0.930. The van der Waals surface area contributed by atoms with Crippen molar-refractivity contribution in [2.24, 2.45) is 0 Å². The number of fused-ring (bicyclic) bond motifs is 2. The molecule has 1 unspecified atom stereocenters. The molecule has 1 aliphatic heterocycles. The molecule has 0 fully saturated rings. The number of carbonyl (C=O) groups excluding carboxylic acids is 1. The lowest BCUT2D eigenvalue weighted by atomic mass is 10.2. The number of ether oxygens (including phenoxy) is 2. The third-order valence-corrected chi connectivity index (χ3v) is 4.10. The second kappa shape index (κ2) is 6.02. The molecule has 6 heteroatoms. The summed E-state index contributed by atoms with van der Waals surface area (Å²) < 4.78 is 11.3. The fourth-order valence-electron chi connectivity index (χ4n) is 2.60. The van der Waals surface area contributed by atoms with Crippen molar-refractivity contribution >= 4 is 34.1 Å². The van der Waals surface area contributed by atoms with Crippen molar-refractivity contribution in [3.63, 3.8) is 0 Å². The van der Waals surface area contributed by atoms with Crippen LogP contribution in [0.2, 0.25) is 5.02 Å². The number of amides is 1. The molecule has 2 heterocycles. The van der Waals surface area contributed by atoms with Gasteiger partial charge in [0.15, 0.2) is 11.5 Å². The zero-order chi connectivity index (χ0) is 16.5. The van der Waals surface area contributed by atoms with E-state index in [0.717, 1.165) is 5.39 Å². The number of anilines is 1. The second-order valence-corrected chi connectivity index (χ2v) is 5.76. The van der Waals surface area contributed by atoms with Gasteiger partial charge in [0.2, 0.25) is 6.10 Å². The molecule has 4 rings (SSSR count). The summed E-state index contributed by atoms with van der Waals surface area (Å²) in [6.45, 7) is 0.155. The molecule has 1 N–H and O–H groups in total. The number of aromatic nitrogens is 1.